The number of nitrogens with two attached hydrogens (primary N) is 1. The van der Waals surface area contributed by atoms with Crippen molar-refractivity contribution in [3.8, 4) is 0 Å². The molecule has 1 aromatic carbocycles. The molecule has 0 atom stereocenters. The van der Waals surface area contributed by atoms with E-state index in [0.29, 0.717) is 45.2 Å². The monoisotopic (exact) mass is 529 g/mol. The van der Waals surface area contributed by atoms with E-state index in [1.807, 2.05) is 42.7 Å². The number of ether oxygens (including phenoxy) is 1. The van der Waals surface area contributed by atoms with Crippen LogP contribution in [0.3, 0.4) is 0 Å². The first-order chi connectivity index (χ1) is 13.7. The fraction of sp³-hybridized carbons (Fsp3) is 0.571. The van der Waals surface area contributed by atoms with Gasteiger partial charge in [0.1, 0.15) is 12.1 Å². The summed E-state index contributed by atoms with van der Waals surface area (Å²) in [5.41, 5.74) is 8.09. The van der Waals surface area contributed by atoms with Crippen molar-refractivity contribution in [1.82, 2.24) is 14.7 Å². The third-order valence-corrected chi connectivity index (χ3v) is 5.12. The number of benzene rings is 1. The number of nitrogens with zero attached hydrogens (tertiary/aromatic N) is 4. The molecule has 0 aliphatic carbocycles. The van der Waals surface area contributed by atoms with Gasteiger partial charge in [0, 0.05) is 39.3 Å². The molecule has 0 saturated carbocycles. The Morgan fingerprint density at radius 2 is 1.60 bits per heavy atom. The smallest absolute Gasteiger partial charge is 0.410 e. The molecule has 3 rings (SSSR count). The van der Waals surface area contributed by atoms with Crippen molar-refractivity contribution in [3.05, 3.63) is 35.4 Å². The van der Waals surface area contributed by atoms with Crippen LogP contribution in [0.5, 0.6) is 0 Å². The van der Waals surface area contributed by atoms with Gasteiger partial charge < -0.3 is 25.2 Å². The standard InChI is InChI=1S/C21H31N5O3.HI/c1-21(2,3)29-20(28)25-12-10-24(11-13-25)19(22)23-14-18(27)26-9-8-16-6-4-5-7-17(16)15-26;/h4-7H,8-15H2,1-3H3,(H2,22,23);1H. The lowest BCUT2D eigenvalue weighted by molar-refractivity contribution is -0.130. The molecule has 0 spiro atoms. The number of hydrogen-bond acceptors (Lipinski definition) is 4. The maximum Gasteiger partial charge on any atom is 0.410 e. The van der Waals surface area contributed by atoms with Crippen molar-refractivity contribution >= 4 is 41.9 Å². The van der Waals surface area contributed by atoms with Gasteiger partial charge in [0.25, 0.3) is 0 Å². The molecule has 30 heavy (non-hydrogen) atoms. The predicted molar refractivity (Wildman–Crippen MR) is 127 cm³/mol. The summed E-state index contributed by atoms with van der Waals surface area (Å²) < 4.78 is 5.40. The molecule has 0 aromatic heterocycles. The second-order valence-corrected chi connectivity index (χ2v) is 8.46. The molecule has 2 heterocycles. The number of guanidine groups is 1. The fourth-order valence-corrected chi connectivity index (χ4v) is 3.50. The number of carbonyl (C=O) groups excluding carboxylic acids is 2. The van der Waals surface area contributed by atoms with Crippen LogP contribution >= 0.6 is 24.0 Å². The summed E-state index contributed by atoms with van der Waals surface area (Å²) in [7, 11) is 0. The molecule has 1 saturated heterocycles. The molecule has 166 valence electrons. The fourth-order valence-electron chi connectivity index (χ4n) is 3.50. The molecule has 2 N–H and O–H groups in total. The van der Waals surface area contributed by atoms with Crippen molar-refractivity contribution in [1.29, 1.82) is 0 Å². The summed E-state index contributed by atoms with van der Waals surface area (Å²) in [6.45, 7) is 9.10. The van der Waals surface area contributed by atoms with Gasteiger partial charge in [0.15, 0.2) is 5.96 Å². The van der Waals surface area contributed by atoms with Crippen LogP contribution < -0.4 is 5.73 Å². The minimum absolute atomic E-state index is 0. The Hall–Kier alpha value is -2.04. The van der Waals surface area contributed by atoms with Crippen molar-refractivity contribution in [3.63, 3.8) is 0 Å². The minimum atomic E-state index is -0.510. The van der Waals surface area contributed by atoms with Crippen LogP contribution in [0.4, 0.5) is 4.79 Å². The van der Waals surface area contributed by atoms with Crippen LogP contribution in [0.25, 0.3) is 0 Å². The van der Waals surface area contributed by atoms with Gasteiger partial charge in [-0.25, -0.2) is 9.79 Å². The highest BCUT2D eigenvalue weighted by Gasteiger charge is 2.26. The zero-order valence-electron chi connectivity index (χ0n) is 18.0. The highest BCUT2D eigenvalue weighted by Crippen LogP contribution is 2.18. The van der Waals surface area contributed by atoms with E-state index < -0.39 is 5.60 Å². The van der Waals surface area contributed by atoms with Gasteiger partial charge >= 0.3 is 6.09 Å². The first kappa shape index (κ1) is 24.2. The maximum absolute atomic E-state index is 12.5. The maximum atomic E-state index is 12.5. The summed E-state index contributed by atoms with van der Waals surface area (Å²) in [6, 6.07) is 8.21. The number of amides is 2. The van der Waals surface area contributed by atoms with Crippen LogP contribution in [-0.2, 0) is 22.5 Å². The third kappa shape index (κ3) is 6.48. The molecule has 2 amide bonds. The van der Waals surface area contributed by atoms with E-state index in [2.05, 4.69) is 17.1 Å². The zero-order chi connectivity index (χ0) is 21.0. The summed E-state index contributed by atoms with van der Waals surface area (Å²) in [6.07, 6.45) is 0.557. The number of hydrogen-bond donors (Lipinski definition) is 1. The van der Waals surface area contributed by atoms with Crippen LogP contribution in [0, 0.1) is 0 Å². The van der Waals surface area contributed by atoms with Crippen LogP contribution in [0.15, 0.2) is 29.3 Å². The third-order valence-electron chi connectivity index (χ3n) is 5.12. The number of piperazine rings is 1. The van der Waals surface area contributed by atoms with E-state index in [-0.39, 0.29) is 42.5 Å². The molecule has 0 unspecified atom stereocenters. The van der Waals surface area contributed by atoms with E-state index in [0.717, 1.165) is 6.42 Å². The largest absolute Gasteiger partial charge is 0.444 e. The van der Waals surface area contributed by atoms with E-state index in [4.69, 9.17) is 10.5 Å². The second-order valence-electron chi connectivity index (χ2n) is 8.46. The number of carbonyl (C=O) groups is 2. The van der Waals surface area contributed by atoms with Gasteiger partial charge in [-0.05, 0) is 38.3 Å². The number of halogens is 1. The van der Waals surface area contributed by atoms with E-state index in [9.17, 15) is 9.59 Å². The summed E-state index contributed by atoms with van der Waals surface area (Å²) in [4.78, 5) is 34.4. The van der Waals surface area contributed by atoms with Crippen LogP contribution in [-0.4, -0.2) is 77.5 Å². The van der Waals surface area contributed by atoms with E-state index >= 15 is 0 Å². The summed E-state index contributed by atoms with van der Waals surface area (Å²) in [5, 5.41) is 0. The predicted octanol–water partition coefficient (Wildman–Crippen LogP) is 2.06. The van der Waals surface area contributed by atoms with Gasteiger partial charge in [0.05, 0.1) is 0 Å². The first-order valence-electron chi connectivity index (χ1n) is 10.1. The van der Waals surface area contributed by atoms with E-state index in [1.54, 1.807) is 4.90 Å². The lowest BCUT2D eigenvalue weighted by Gasteiger charge is -2.36. The summed E-state index contributed by atoms with van der Waals surface area (Å²) >= 11 is 0. The van der Waals surface area contributed by atoms with Crippen molar-refractivity contribution in [2.75, 3.05) is 39.3 Å². The lowest BCUT2D eigenvalue weighted by atomic mass is 10.00. The molecule has 0 radical (unpaired) electrons. The Kier molecular flexibility index (Phi) is 8.34. The van der Waals surface area contributed by atoms with Gasteiger partial charge in [0.2, 0.25) is 5.91 Å². The zero-order valence-corrected chi connectivity index (χ0v) is 20.3. The topological polar surface area (TPSA) is 91.5 Å². The minimum Gasteiger partial charge on any atom is -0.444 e. The molecule has 9 heteroatoms. The van der Waals surface area contributed by atoms with Gasteiger partial charge in [-0.15, -0.1) is 24.0 Å². The highest BCUT2D eigenvalue weighted by molar-refractivity contribution is 14.0. The Bertz CT molecular complexity index is 785. The van der Waals surface area contributed by atoms with Gasteiger partial charge in [-0.2, -0.15) is 0 Å². The molecular formula is C21H32IN5O3. The van der Waals surface area contributed by atoms with Crippen molar-refractivity contribution < 1.29 is 14.3 Å². The van der Waals surface area contributed by atoms with Gasteiger partial charge in [-0.1, -0.05) is 24.3 Å². The Labute approximate surface area is 195 Å². The quantitative estimate of drug-likeness (QED) is 0.360. The number of fused-ring (bicyclic) bond motifs is 1. The van der Waals surface area contributed by atoms with Crippen molar-refractivity contribution in [2.45, 2.75) is 39.3 Å². The van der Waals surface area contributed by atoms with E-state index in [1.165, 1.54) is 11.1 Å². The second kappa shape index (κ2) is 10.3. The Morgan fingerprint density at radius 1 is 1.00 bits per heavy atom. The van der Waals surface area contributed by atoms with Crippen LogP contribution in [0.1, 0.15) is 31.9 Å². The molecule has 2 aliphatic heterocycles. The molecule has 8 nitrogen and oxygen atoms in total. The number of rotatable bonds is 2. The lowest BCUT2D eigenvalue weighted by Crippen LogP contribution is -2.53. The molecular weight excluding hydrogens is 497 g/mol. The Morgan fingerprint density at radius 3 is 2.23 bits per heavy atom. The average Bonchev–Trinajstić information content (AvgIpc) is 2.70. The molecule has 1 aromatic rings. The first-order valence-corrected chi connectivity index (χ1v) is 10.1. The Balaban J connectivity index is 0.00000320. The van der Waals surface area contributed by atoms with Crippen molar-refractivity contribution in [2.24, 2.45) is 10.7 Å². The highest BCUT2D eigenvalue weighted by atomic mass is 127. The normalized spacial score (nSPS) is 17.2. The molecule has 1 fully saturated rings. The SMILES string of the molecule is CC(C)(C)OC(=O)N1CCN(C(N)=NCC(=O)N2CCc3ccccc3C2)CC1.I. The van der Waals surface area contributed by atoms with Crippen LogP contribution in [0.2, 0.25) is 0 Å². The summed E-state index contributed by atoms with van der Waals surface area (Å²) in [5.74, 6) is 0.328. The molecule has 2 aliphatic rings. The number of aliphatic imine (C=N–C) groups is 1. The molecule has 0 bridgehead atoms. The average molecular weight is 529 g/mol. The van der Waals surface area contributed by atoms with Gasteiger partial charge in [-0.3, -0.25) is 4.79 Å².